The SMILES string of the molecule is CCNC(=O)[C@@H](C)OC(=O)c1c2c(nc3ccccc13)CCCC2. The Morgan fingerprint density at radius 3 is 2.79 bits per heavy atom. The minimum absolute atomic E-state index is 0.280. The molecule has 1 aliphatic carbocycles. The molecule has 1 aromatic carbocycles. The van der Waals surface area contributed by atoms with Gasteiger partial charge in [-0.3, -0.25) is 9.78 Å². The summed E-state index contributed by atoms with van der Waals surface area (Å²) in [5, 5.41) is 3.47. The van der Waals surface area contributed by atoms with E-state index in [0.717, 1.165) is 47.8 Å². The van der Waals surface area contributed by atoms with Crippen LogP contribution in [0.25, 0.3) is 10.9 Å². The number of amides is 1. The van der Waals surface area contributed by atoms with E-state index >= 15 is 0 Å². The molecule has 5 heteroatoms. The Labute approximate surface area is 141 Å². The number of esters is 1. The number of nitrogens with one attached hydrogen (secondary N) is 1. The molecular formula is C19H22N2O3. The third-order valence-electron chi connectivity index (χ3n) is 4.38. The molecule has 1 heterocycles. The summed E-state index contributed by atoms with van der Waals surface area (Å²) in [6.07, 6.45) is 3.02. The zero-order valence-corrected chi connectivity index (χ0v) is 14.1. The molecule has 24 heavy (non-hydrogen) atoms. The zero-order chi connectivity index (χ0) is 17.1. The molecule has 0 unspecified atom stereocenters. The van der Waals surface area contributed by atoms with Crippen molar-refractivity contribution in [3.05, 3.63) is 41.1 Å². The average molecular weight is 326 g/mol. The molecule has 3 rings (SSSR count). The molecule has 1 N–H and O–H groups in total. The number of carbonyl (C=O) groups excluding carboxylic acids is 2. The Kier molecular flexibility index (Phi) is 4.79. The molecular weight excluding hydrogens is 304 g/mol. The van der Waals surface area contributed by atoms with Crippen LogP contribution in [0.2, 0.25) is 0 Å². The van der Waals surface area contributed by atoms with Gasteiger partial charge in [-0.2, -0.15) is 0 Å². The van der Waals surface area contributed by atoms with Gasteiger partial charge in [-0.25, -0.2) is 4.79 Å². The van der Waals surface area contributed by atoms with Crippen molar-refractivity contribution in [2.75, 3.05) is 6.54 Å². The summed E-state index contributed by atoms with van der Waals surface area (Å²) >= 11 is 0. The summed E-state index contributed by atoms with van der Waals surface area (Å²) in [5.74, 6) is -0.719. The van der Waals surface area contributed by atoms with Crippen molar-refractivity contribution in [1.29, 1.82) is 0 Å². The second kappa shape index (κ2) is 6.99. The van der Waals surface area contributed by atoms with E-state index in [1.54, 1.807) is 6.92 Å². The second-order valence-corrected chi connectivity index (χ2v) is 6.08. The highest BCUT2D eigenvalue weighted by molar-refractivity contribution is 6.05. The number of rotatable bonds is 4. The third-order valence-corrected chi connectivity index (χ3v) is 4.38. The first kappa shape index (κ1) is 16.4. The van der Waals surface area contributed by atoms with Crippen molar-refractivity contribution in [3.63, 3.8) is 0 Å². The molecule has 0 spiro atoms. The number of nitrogens with zero attached hydrogens (tertiary/aromatic N) is 1. The minimum Gasteiger partial charge on any atom is -0.449 e. The van der Waals surface area contributed by atoms with Gasteiger partial charge in [-0.05, 0) is 51.2 Å². The number of pyridine rings is 1. The van der Waals surface area contributed by atoms with Crippen LogP contribution in [0.4, 0.5) is 0 Å². The van der Waals surface area contributed by atoms with Gasteiger partial charge in [-0.15, -0.1) is 0 Å². The molecule has 0 fully saturated rings. The summed E-state index contributed by atoms with van der Waals surface area (Å²) in [6, 6.07) is 7.61. The Morgan fingerprint density at radius 1 is 1.25 bits per heavy atom. The second-order valence-electron chi connectivity index (χ2n) is 6.08. The van der Waals surface area contributed by atoms with Crippen LogP contribution in [-0.2, 0) is 22.4 Å². The topological polar surface area (TPSA) is 68.3 Å². The lowest BCUT2D eigenvalue weighted by molar-refractivity contribution is -0.128. The fourth-order valence-electron chi connectivity index (χ4n) is 3.20. The lowest BCUT2D eigenvalue weighted by Gasteiger charge is -2.21. The normalized spacial score (nSPS) is 14.8. The predicted molar refractivity (Wildman–Crippen MR) is 91.9 cm³/mol. The highest BCUT2D eigenvalue weighted by Gasteiger charge is 2.26. The number of aromatic nitrogens is 1. The molecule has 1 aromatic heterocycles. The first-order valence-corrected chi connectivity index (χ1v) is 8.51. The maximum Gasteiger partial charge on any atom is 0.339 e. The summed E-state index contributed by atoms with van der Waals surface area (Å²) in [5.41, 5.74) is 3.34. The molecule has 126 valence electrons. The maximum absolute atomic E-state index is 12.8. The molecule has 1 amide bonds. The van der Waals surface area contributed by atoms with Crippen LogP contribution < -0.4 is 5.32 Å². The van der Waals surface area contributed by atoms with Crippen LogP contribution in [0, 0.1) is 0 Å². The summed E-state index contributed by atoms with van der Waals surface area (Å²) < 4.78 is 5.45. The van der Waals surface area contributed by atoms with Gasteiger partial charge in [-0.1, -0.05) is 18.2 Å². The molecule has 1 aliphatic rings. The maximum atomic E-state index is 12.8. The van der Waals surface area contributed by atoms with E-state index in [0.29, 0.717) is 12.1 Å². The molecule has 5 nitrogen and oxygen atoms in total. The average Bonchev–Trinajstić information content (AvgIpc) is 2.59. The van der Waals surface area contributed by atoms with E-state index in [1.807, 2.05) is 31.2 Å². The van der Waals surface area contributed by atoms with Gasteiger partial charge in [0.05, 0.1) is 11.1 Å². The number of hydrogen-bond donors (Lipinski definition) is 1. The number of likely N-dealkylation sites (N-methyl/N-ethyl adjacent to an activating group) is 1. The van der Waals surface area contributed by atoms with Crippen LogP contribution in [0.15, 0.2) is 24.3 Å². The lowest BCUT2D eigenvalue weighted by Crippen LogP contribution is -2.35. The van der Waals surface area contributed by atoms with Crippen molar-refractivity contribution in [2.45, 2.75) is 45.6 Å². The number of benzene rings is 1. The number of fused-ring (bicyclic) bond motifs is 2. The van der Waals surface area contributed by atoms with Crippen molar-refractivity contribution in [2.24, 2.45) is 0 Å². The first-order chi connectivity index (χ1) is 11.6. The number of para-hydroxylation sites is 1. The molecule has 0 radical (unpaired) electrons. The Balaban J connectivity index is 2.01. The standard InChI is InChI=1S/C19H22N2O3/c1-3-20-18(22)12(2)24-19(23)17-13-8-4-6-10-15(13)21-16-11-7-5-9-14(16)17/h4,6,8,10,12H,3,5,7,9,11H2,1-2H3,(H,20,22)/t12-/m1/s1. The van der Waals surface area contributed by atoms with Crippen LogP contribution in [-0.4, -0.2) is 29.5 Å². The van der Waals surface area contributed by atoms with E-state index < -0.39 is 12.1 Å². The predicted octanol–water partition coefficient (Wildman–Crippen LogP) is 2.80. The van der Waals surface area contributed by atoms with E-state index in [2.05, 4.69) is 5.32 Å². The number of ether oxygens (including phenoxy) is 1. The van der Waals surface area contributed by atoms with E-state index in [9.17, 15) is 9.59 Å². The summed E-state index contributed by atoms with van der Waals surface area (Å²) in [4.78, 5) is 29.4. The van der Waals surface area contributed by atoms with Gasteiger partial charge in [0.2, 0.25) is 0 Å². The van der Waals surface area contributed by atoms with Crippen LogP contribution in [0.3, 0.4) is 0 Å². The fourth-order valence-corrected chi connectivity index (χ4v) is 3.20. The molecule has 0 saturated heterocycles. The largest absolute Gasteiger partial charge is 0.449 e. The van der Waals surface area contributed by atoms with Gasteiger partial charge < -0.3 is 10.1 Å². The van der Waals surface area contributed by atoms with Crippen molar-refractivity contribution in [1.82, 2.24) is 10.3 Å². The number of carbonyl (C=O) groups is 2. The molecule has 0 saturated carbocycles. The smallest absolute Gasteiger partial charge is 0.339 e. The highest BCUT2D eigenvalue weighted by atomic mass is 16.5. The number of hydrogen-bond acceptors (Lipinski definition) is 4. The van der Waals surface area contributed by atoms with Crippen LogP contribution in [0.1, 0.15) is 48.3 Å². The summed E-state index contributed by atoms with van der Waals surface area (Å²) in [6.45, 7) is 3.94. The quantitative estimate of drug-likeness (QED) is 0.877. The first-order valence-electron chi connectivity index (χ1n) is 8.51. The lowest BCUT2D eigenvalue weighted by atomic mass is 9.90. The van der Waals surface area contributed by atoms with Crippen molar-refractivity contribution < 1.29 is 14.3 Å². The van der Waals surface area contributed by atoms with Crippen LogP contribution in [0.5, 0.6) is 0 Å². The zero-order valence-electron chi connectivity index (χ0n) is 14.1. The minimum atomic E-state index is -0.816. The van der Waals surface area contributed by atoms with Gasteiger partial charge in [0, 0.05) is 17.6 Å². The monoisotopic (exact) mass is 326 g/mol. The highest BCUT2D eigenvalue weighted by Crippen LogP contribution is 2.30. The van der Waals surface area contributed by atoms with Crippen molar-refractivity contribution in [3.8, 4) is 0 Å². The molecule has 0 bridgehead atoms. The van der Waals surface area contributed by atoms with E-state index in [-0.39, 0.29) is 5.91 Å². The van der Waals surface area contributed by atoms with Crippen LogP contribution >= 0.6 is 0 Å². The Hall–Kier alpha value is -2.43. The Morgan fingerprint density at radius 2 is 2.00 bits per heavy atom. The fraction of sp³-hybridized carbons (Fsp3) is 0.421. The van der Waals surface area contributed by atoms with E-state index in [1.165, 1.54) is 0 Å². The molecule has 1 atom stereocenters. The third kappa shape index (κ3) is 3.11. The molecule has 2 aromatic rings. The Bertz CT molecular complexity index is 786. The van der Waals surface area contributed by atoms with Crippen molar-refractivity contribution >= 4 is 22.8 Å². The van der Waals surface area contributed by atoms with E-state index in [4.69, 9.17) is 9.72 Å². The van der Waals surface area contributed by atoms with Gasteiger partial charge in [0.15, 0.2) is 6.10 Å². The van der Waals surface area contributed by atoms with Gasteiger partial charge in [0.25, 0.3) is 5.91 Å². The van der Waals surface area contributed by atoms with Gasteiger partial charge >= 0.3 is 5.97 Å². The molecule has 0 aliphatic heterocycles. The summed E-state index contributed by atoms with van der Waals surface area (Å²) in [7, 11) is 0. The van der Waals surface area contributed by atoms with Gasteiger partial charge in [0.1, 0.15) is 0 Å². The number of aryl methyl sites for hydroxylation is 1.